The molecule has 9 nitrogen and oxygen atoms in total. The number of benzene rings is 1. The number of nitrogens with zero attached hydrogens (tertiary/aromatic N) is 5. The Balaban J connectivity index is 1.31. The number of aliphatic hydroxyl groups is 1. The summed E-state index contributed by atoms with van der Waals surface area (Å²) in [5.74, 6) is -4.70. The van der Waals surface area contributed by atoms with Crippen LogP contribution in [0.5, 0.6) is 5.88 Å². The molecule has 3 N–H and O–H groups in total. The van der Waals surface area contributed by atoms with E-state index in [0.29, 0.717) is 39.9 Å². The molecule has 4 aromatic rings. The lowest BCUT2D eigenvalue weighted by atomic mass is 9.84. The van der Waals surface area contributed by atoms with Crippen LogP contribution >= 0.6 is 11.8 Å². The van der Waals surface area contributed by atoms with Crippen LogP contribution in [0.3, 0.4) is 0 Å². The van der Waals surface area contributed by atoms with Gasteiger partial charge in [-0.2, -0.15) is 0 Å². The standard InChI is InChI=1S/C25H21F3N6O3S/c1-23(21-24(12-35,25(21,27)28)38-22(29)34-23)14-8-13(2-3-15(14)26)9-17-20-16(4-5-30-17)33-18(10-32-20)37-11-19-31-6-7-36-19/h2-8,10,21,35H,9,11-12H2,1H3,(H2,29,34)/t21-,23+,24+/m0/s1. The van der Waals surface area contributed by atoms with Gasteiger partial charge >= 0.3 is 0 Å². The molecule has 38 heavy (non-hydrogen) atoms. The summed E-state index contributed by atoms with van der Waals surface area (Å²) in [4.78, 5) is 21.6. The molecule has 2 aliphatic rings. The number of pyridine rings is 1. The summed E-state index contributed by atoms with van der Waals surface area (Å²) >= 11 is 0.646. The highest BCUT2D eigenvalue weighted by molar-refractivity contribution is 8.15. The van der Waals surface area contributed by atoms with Crippen LogP contribution < -0.4 is 10.5 Å². The lowest BCUT2D eigenvalue weighted by Crippen LogP contribution is -2.37. The number of amidine groups is 1. The van der Waals surface area contributed by atoms with E-state index in [1.54, 1.807) is 18.3 Å². The van der Waals surface area contributed by atoms with Crippen molar-refractivity contribution in [1.29, 1.82) is 0 Å². The fourth-order valence-electron chi connectivity index (χ4n) is 5.22. The molecule has 1 saturated carbocycles. The Morgan fingerprint density at radius 1 is 1.18 bits per heavy atom. The number of oxazole rings is 1. The highest BCUT2D eigenvalue weighted by Gasteiger charge is 2.87. The molecule has 4 heterocycles. The Kier molecular flexibility index (Phi) is 5.61. The fourth-order valence-corrected chi connectivity index (χ4v) is 6.58. The summed E-state index contributed by atoms with van der Waals surface area (Å²) in [6.45, 7) is 0.718. The maximum atomic E-state index is 15.1. The fraction of sp³-hybridized carbons (Fsp3) is 0.320. The van der Waals surface area contributed by atoms with Crippen molar-refractivity contribution in [1.82, 2.24) is 19.9 Å². The van der Waals surface area contributed by atoms with Crippen LogP contribution in [0.15, 0.2) is 58.5 Å². The largest absolute Gasteiger partial charge is 0.467 e. The lowest BCUT2D eigenvalue weighted by Gasteiger charge is -2.32. The molecule has 13 heteroatoms. The molecule has 3 atom stereocenters. The maximum absolute atomic E-state index is 15.1. The van der Waals surface area contributed by atoms with E-state index < -0.39 is 34.6 Å². The van der Waals surface area contributed by atoms with E-state index in [4.69, 9.17) is 14.9 Å². The third-order valence-electron chi connectivity index (χ3n) is 7.02. The molecule has 0 saturated heterocycles. The first kappa shape index (κ1) is 24.6. The van der Waals surface area contributed by atoms with Crippen molar-refractivity contribution in [2.24, 2.45) is 16.6 Å². The third kappa shape index (κ3) is 3.71. The van der Waals surface area contributed by atoms with Crippen molar-refractivity contribution in [3.8, 4) is 5.88 Å². The number of hydrogen-bond acceptors (Lipinski definition) is 10. The third-order valence-corrected chi connectivity index (χ3v) is 8.33. The zero-order chi connectivity index (χ0) is 26.7. The van der Waals surface area contributed by atoms with E-state index in [2.05, 4.69) is 24.9 Å². The first-order valence-electron chi connectivity index (χ1n) is 11.6. The van der Waals surface area contributed by atoms with Gasteiger partial charge in [-0.3, -0.25) is 9.98 Å². The normalized spacial score (nSPS) is 25.6. The Hall–Kier alpha value is -3.71. The summed E-state index contributed by atoms with van der Waals surface area (Å²) < 4.78 is 53.9. The second kappa shape index (κ2) is 8.67. The first-order valence-corrected chi connectivity index (χ1v) is 12.4. The van der Waals surface area contributed by atoms with E-state index in [-0.39, 0.29) is 29.6 Å². The van der Waals surface area contributed by atoms with Gasteiger partial charge in [0, 0.05) is 18.2 Å². The molecule has 6 rings (SSSR count). The number of aliphatic hydroxyl groups excluding tert-OH is 1. The summed E-state index contributed by atoms with van der Waals surface area (Å²) in [5, 5.41) is 9.68. The number of aromatic nitrogens is 4. The van der Waals surface area contributed by atoms with E-state index in [9.17, 15) is 13.9 Å². The van der Waals surface area contributed by atoms with Gasteiger partial charge in [0.2, 0.25) is 11.8 Å². The first-order chi connectivity index (χ1) is 18.2. The topological polar surface area (TPSA) is 133 Å². The zero-order valence-electron chi connectivity index (χ0n) is 19.9. The van der Waals surface area contributed by atoms with Gasteiger partial charge in [0.25, 0.3) is 5.92 Å². The molecule has 1 aliphatic heterocycles. The number of thioether (sulfide) groups is 1. The van der Waals surface area contributed by atoms with Crippen LogP contribution in [0, 0.1) is 11.7 Å². The minimum Gasteiger partial charge on any atom is -0.467 e. The maximum Gasteiger partial charge on any atom is 0.272 e. The van der Waals surface area contributed by atoms with Gasteiger partial charge in [-0.25, -0.2) is 28.1 Å². The van der Waals surface area contributed by atoms with Crippen LogP contribution in [0.2, 0.25) is 0 Å². The Morgan fingerprint density at radius 3 is 2.79 bits per heavy atom. The van der Waals surface area contributed by atoms with Gasteiger partial charge in [-0.1, -0.05) is 23.9 Å². The zero-order valence-corrected chi connectivity index (χ0v) is 20.8. The lowest BCUT2D eigenvalue weighted by molar-refractivity contribution is 0.0685. The van der Waals surface area contributed by atoms with E-state index in [0.717, 1.165) is 0 Å². The minimum absolute atomic E-state index is 0.0215. The Morgan fingerprint density at radius 2 is 2.03 bits per heavy atom. The van der Waals surface area contributed by atoms with Gasteiger partial charge in [0.05, 0.1) is 41.7 Å². The monoisotopic (exact) mass is 542 g/mol. The number of nitrogens with two attached hydrogens (primary N) is 1. The quantitative estimate of drug-likeness (QED) is 0.359. The van der Waals surface area contributed by atoms with Crippen LogP contribution in [-0.2, 0) is 18.6 Å². The molecule has 0 amide bonds. The molecular formula is C25H21F3N6O3S. The summed E-state index contributed by atoms with van der Waals surface area (Å²) in [6, 6.07) is 5.96. The highest BCUT2D eigenvalue weighted by Crippen LogP contribution is 2.74. The van der Waals surface area contributed by atoms with Crippen molar-refractivity contribution >= 4 is 28.0 Å². The van der Waals surface area contributed by atoms with Crippen LogP contribution in [0.4, 0.5) is 13.2 Å². The predicted octanol–water partition coefficient (Wildman–Crippen LogP) is 3.59. The summed E-state index contributed by atoms with van der Waals surface area (Å²) in [6.07, 6.45) is 6.20. The molecule has 0 spiro atoms. The second-order valence-electron chi connectivity index (χ2n) is 9.34. The van der Waals surface area contributed by atoms with Crippen molar-refractivity contribution in [3.05, 3.63) is 77.6 Å². The van der Waals surface area contributed by atoms with Crippen LogP contribution in [0.1, 0.15) is 29.6 Å². The average Bonchev–Trinajstić information content (AvgIpc) is 3.19. The number of aliphatic imine (C=N–C) groups is 1. The van der Waals surface area contributed by atoms with Gasteiger partial charge in [0.1, 0.15) is 22.3 Å². The van der Waals surface area contributed by atoms with Crippen molar-refractivity contribution < 1.29 is 27.4 Å². The van der Waals surface area contributed by atoms with Gasteiger partial charge in [-0.05, 0) is 24.6 Å². The van der Waals surface area contributed by atoms with Crippen molar-refractivity contribution in [2.45, 2.75) is 36.2 Å². The van der Waals surface area contributed by atoms with Crippen molar-refractivity contribution in [2.75, 3.05) is 6.61 Å². The number of alkyl halides is 2. The molecule has 1 aromatic carbocycles. The Bertz CT molecular complexity index is 1570. The number of ether oxygens (including phenoxy) is 1. The summed E-state index contributed by atoms with van der Waals surface area (Å²) in [7, 11) is 0. The predicted molar refractivity (Wildman–Crippen MR) is 132 cm³/mol. The second-order valence-corrected chi connectivity index (χ2v) is 10.7. The molecule has 0 unspecified atom stereocenters. The molecule has 196 valence electrons. The van der Waals surface area contributed by atoms with Gasteiger partial charge < -0.3 is 20.0 Å². The number of hydrogen-bond donors (Lipinski definition) is 2. The van der Waals surface area contributed by atoms with Gasteiger partial charge in [0.15, 0.2) is 11.8 Å². The van der Waals surface area contributed by atoms with Gasteiger partial charge in [-0.15, -0.1) is 0 Å². The molecule has 0 bridgehead atoms. The van der Waals surface area contributed by atoms with E-state index >= 15 is 4.39 Å². The number of fused-ring (bicyclic) bond motifs is 2. The SMILES string of the molecule is C[C@]1(c2cc(Cc3nccc4nc(OCc5ncco5)cnc34)ccc2F)N=C(N)S[C@]2(CO)[C@H]1C2(F)F. The van der Waals surface area contributed by atoms with E-state index in [1.807, 2.05) is 0 Å². The Labute approximate surface area is 218 Å². The summed E-state index contributed by atoms with van der Waals surface area (Å²) in [5.41, 5.74) is 6.41. The number of halogens is 3. The smallest absolute Gasteiger partial charge is 0.272 e. The van der Waals surface area contributed by atoms with Crippen molar-refractivity contribution in [3.63, 3.8) is 0 Å². The molecule has 0 radical (unpaired) electrons. The number of rotatable bonds is 7. The average molecular weight is 543 g/mol. The molecular weight excluding hydrogens is 521 g/mol. The molecule has 1 aliphatic carbocycles. The molecule has 3 aromatic heterocycles. The van der Waals surface area contributed by atoms with E-state index in [1.165, 1.54) is 37.7 Å². The molecule has 1 fully saturated rings. The van der Waals surface area contributed by atoms with Crippen LogP contribution in [0.25, 0.3) is 11.0 Å². The van der Waals surface area contributed by atoms with Crippen LogP contribution in [-0.4, -0.2) is 47.5 Å². The minimum atomic E-state index is -3.27. The highest BCUT2D eigenvalue weighted by atomic mass is 32.2.